The van der Waals surface area contributed by atoms with E-state index in [4.69, 9.17) is 4.74 Å². The van der Waals surface area contributed by atoms with E-state index in [9.17, 15) is 8.42 Å². The number of rotatable bonds is 4. The van der Waals surface area contributed by atoms with Gasteiger partial charge in [0.25, 0.3) is 0 Å². The highest BCUT2D eigenvalue weighted by Gasteiger charge is 2.50. The molecule has 4 rings (SSSR count). The lowest BCUT2D eigenvalue weighted by Gasteiger charge is -2.42. The van der Waals surface area contributed by atoms with Gasteiger partial charge in [-0.1, -0.05) is 25.1 Å². The molecule has 0 unspecified atom stereocenters. The van der Waals surface area contributed by atoms with Gasteiger partial charge in [0.05, 0.1) is 11.5 Å². The molecule has 144 valence electrons. The number of nitrogens with zero attached hydrogens (tertiary/aromatic N) is 4. The minimum atomic E-state index is -3.58. The summed E-state index contributed by atoms with van der Waals surface area (Å²) in [5, 5.41) is 0. The minimum absolute atomic E-state index is 0.316. The van der Waals surface area contributed by atoms with E-state index in [1.54, 1.807) is 34.8 Å². The topological polar surface area (TPSA) is 75.6 Å². The van der Waals surface area contributed by atoms with Crippen LogP contribution < -0.4 is 4.90 Å². The zero-order valence-corrected chi connectivity index (χ0v) is 16.2. The zero-order chi connectivity index (χ0) is 18.9. The molecular formula is C19H24N4O3S. The van der Waals surface area contributed by atoms with Crippen molar-refractivity contribution in [1.82, 2.24) is 14.3 Å². The lowest BCUT2D eigenvalue weighted by molar-refractivity contribution is -0.0665. The summed E-state index contributed by atoms with van der Waals surface area (Å²) in [6, 6.07) is 10.5. The molecule has 8 heteroatoms. The molecule has 1 spiro atoms. The van der Waals surface area contributed by atoms with Crippen molar-refractivity contribution in [3.8, 4) is 0 Å². The van der Waals surface area contributed by atoms with Crippen molar-refractivity contribution in [3.63, 3.8) is 0 Å². The molecule has 2 saturated heterocycles. The van der Waals surface area contributed by atoms with E-state index in [2.05, 4.69) is 21.8 Å². The summed E-state index contributed by atoms with van der Waals surface area (Å²) in [5.41, 5.74) is 0.235. The Morgan fingerprint density at radius 3 is 2.56 bits per heavy atom. The molecule has 0 saturated carbocycles. The van der Waals surface area contributed by atoms with Gasteiger partial charge in [-0.2, -0.15) is 4.31 Å². The smallest absolute Gasteiger partial charge is 0.245 e. The molecule has 27 heavy (non-hydrogen) atoms. The van der Waals surface area contributed by atoms with E-state index >= 15 is 0 Å². The van der Waals surface area contributed by atoms with Crippen LogP contribution in [0, 0.1) is 0 Å². The van der Waals surface area contributed by atoms with Gasteiger partial charge in [-0.05, 0) is 24.6 Å². The molecule has 0 aliphatic carbocycles. The summed E-state index contributed by atoms with van der Waals surface area (Å²) in [7, 11) is -3.58. The Morgan fingerprint density at radius 1 is 1.11 bits per heavy atom. The molecule has 2 aromatic rings. The third-order valence-electron chi connectivity index (χ3n) is 5.34. The normalized spacial score (nSPS) is 20.3. The lowest BCUT2D eigenvalue weighted by Crippen LogP contribution is -2.55. The van der Waals surface area contributed by atoms with Gasteiger partial charge in [-0.3, -0.25) is 0 Å². The van der Waals surface area contributed by atoms with Crippen LogP contribution in [-0.2, 0) is 21.2 Å². The van der Waals surface area contributed by atoms with Gasteiger partial charge in [0.15, 0.2) is 0 Å². The largest absolute Gasteiger partial charge is 0.358 e. The summed E-state index contributed by atoms with van der Waals surface area (Å²) in [6.45, 7) is 4.20. The first kappa shape index (κ1) is 18.3. The zero-order valence-electron chi connectivity index (χ0n) is 15.4. The molecule has 2 aliphatic heterocycles. The molecule has 0 N–H and O–H groups in total. The molecule has 2 aliphatic rings. The van der Waals surface area contributed by atoms with Crippen LogP contribution in [0.4, 0.5) is 5.95 Å². The number of benzene rings is 1. The first-order valence-electron chi connectivity index (χ1n) is 9.34. The molecule has 0 bridgehead atoms. The van der Waals surface area contributed by atoms with Gasteiger partial charge in [0.1, 0.15) is 5.72 Å². The van der Waals surface area contributed by atoms with Crippen molar-refractivity contribution >= 4 is 16.0 Å². The maximum Gasteiger partial charge on any atom is 0.245 e. The van der Waals surface area contributed by atoms with Gasteiger partial charge >= 0.3 is 0 Å². The number of piperidine rings is 1. The van der Waals surface area contributed by atoms with E-state index in [-0.39, 0.29) is 0 Å². The molecule has 3 heterocycles. The number of hydrogen-bond acceptors (Lipinski definition) is 6. The fraction of sp³-hybridized carbons (Fsp3) is 0.474. The monoisotopic (exact) mass is 388 g/mol. The Kier molecular flexibility index (Phi) is 4.88. The Bertz CT molecular complexity index is 896. The standard InChI is InChI=1S/C19H24N4O3S/c1-2-16-8-11-20-18(21-16)22-12-9-19(10-13-22)23(14-15-26-19)27(24,25)17-6-4-3-5-7-17/h3-8,11H,2,9-10,12-15H2,1H3. The van der Waals surface area contributed by atoms with Gasteiger partial charge < -0.3 is 9.64 Å². The average Bonchev–Trinajstić information content (AvgIpc) is 3.13. The molecule has 0 amide bonds. The highest BCUT2D eigenvalue weighted by atomic mass is 32.2. The van der Waals surface area contributed by atoms with E-state index in [1.807, 2.05) is 12.1 Å². The third-order valence-corrected chi connectivity index (χ3v) is 7.30. The van der Waals surface area contributed by atoms with E-state index in [1.165, 1.54) is 0 Å². The molecule has 0 atom stereocenters. The van der Waals surface area contributed by atoms with Crippen molar-refractivity contribution in [1.29, 1.82) is 0 Å². The number of hydrogen-bond donors (Lipinski definition) is 0. The quantitative estimate of drug-likeness (QED) is 0.798. The van der Waals surface area contributed by atoms with Crippen LogP contribution in [0.2, 0.25) is 0 Å². The highest BCUT2D eigenvalue weighted by Crippen LogP contribution is 2.38. The Balaban J connectivity index is 1.54. The number of aromatic nitrogens is 2. The number of aryl methyl sites for hydroxylation is 1. The summed E-state index contributed by atoms with van der Waals surface area (Å²) >= 11 is 0. The van der Waals surface area contributed by atoms with E-state index in [0.29, 0.717) is 49.9 Å². The molecule has 7 nitrogen and oxygen atoms in total. The van der Waals surface area contributed by atoms with Crippen molar-refractivity contribution < 1.29 is 13.2 Å². The van der Waals surface area contributed by atoms with Crippen molar-refractivity contribution in [2.45, 2.75) is 36.8 Å². The maximum atomic E-state index is 13.2. The highest BCUT2D eigenvalue weighted by molar-refractivity contribution is 7.89. The van der Waals surface area contributed by atoms with E-state index in [0.717, 1.165) is 12.1 Å². The second kappa shape index (κ2) is 7.18. The van der Waals surface area contributed by atoms with Gasteiger partial charge in [0.2, 0.25) is 16.0 Å². The Hall–Kier alpha value is -2.03. The summed E-state index contributed by atoms with van der Waals surface area (Å²) in [6.07, 6.45) is 3.83. The van der Waals surface area contributed by atoms with Crippen molar-refractivity contribution in [2.24, 2.45) is 0 Å². The maximum absolute atomic E-state index is 13.2. The van der Waals surface area contributed by atoms with Crippen LogP contribution in [0.25, 0.3) is 0 Å². The second-order valence-electron chi connectivity index (χ2n) is 6.87. The van der Waals surface area contributed by atoms with Crippen LogP contribution in [0.15, 0.2) is 47.5 Å². The number of ether oxygens (including phenoxy) is 1. The Labute approximate surface area is 160 Å². The van der Waals surface area contributed by atoms with Crippen LogP contribution in [0.3, 0.4) is 0 Å². The number of sulfonamides is 1. The van der Waals surface area contributed by atoms with Crippen molar-refractivity contribution in [2.75, 3.05) is 31.1 Å². The predicted octanol–water partition coefficient (Wildman–Crippen LogP) is 2.06. The second-order valence-corrected chi connectivity index (χ2v) is 8.74. The minimum Gasteiger partial charge on any atom is -0.358 e. The Morgan fingerprint density at radius 2 is 1.85 bits per heavy atom. The molecule has 2 fully saturated rings. The fourth-order valence-corrected chi connectivity index (χ4v) is 5.58. The lowest BCUT2D eigenvalue weighted by atomic mass is 10.0. The van der Waals surface area contributed by atoms with Gasteiger partial charge in [-0.25, -0.2) is 18.4 Å². The van der Waals surface area contributed by atoms with Crippen LogP contribution in [0.1, 0.15) is 25.5 Å². The molecule has 1 aromatic carbocycles. The average molecular weight is 388 g/mol. The van der Waals surface area contributed by atoms with Gasteiger partial charge in [-0.15, -0.1) is 0 Å². The molecule has 0 radical (unpaired) electrons. The van der Waals surface area contributed by atoms with Gasteiger partial charge in [0, 0.05) is 44.4 Å². The third kappa shape index (κ3) is 3.33. The first-order chi connectivity index (χ1) is 13.0. The van der Waals surface area contributed by atoms with Crippen LogP contribution in [0.5, 0.6) is 0 Å². The SMILES string of the molecule is CCc1ccnc(N2CCC3(CC2)OCCN3S(=O)(=O)c2ccccc2)n1. The molecule has 1 aromatic heterocycles. The first-order valence-corrected chi connectivity index (χ1v) is 10.8. The van der Waals surface area contributed by atoms with Crippen LogP contribution >= 0.6 is 0 Å². The van der Waals surface area contributed by atoms with E-state index < -0.39 is 15.7 Å². The number of anilines is 1. The fourth-order valence-electron chi connectivity index (χ4n) is 3.84. The van der Waals surface area contributed by atoms with Crippen LogP contribution in [-0.4, -0.2) is 54.7 Å². The summed E-state index contributed by atoms with van der Waals surface area (Å²) in [5.74, 6) is 0.708. The van der Waals surface area contributed by atoms with Crippen molar-refractivity contribution in [3.05, 3.63) is 48.3 Å². The predicted molar refractivity (Wildman–Crippen MR) is 102 cm³/mol. The summed E-state index contributed by atoms with van der Waals surface area (Å²) < 4.78 is 33.9. The molecular weight excluding hydrogens is 364 g/mol. The summed E-state index contributed by atoms with van der Waals surface area (Å²) in [4.78, 5) is 11.4.